The van der Waals surface area contributed by atoms with Crippen molar-refractivity contribution in [3.63, 3.8) is 0 Å². The Hall–Kier alpha value is -5.45. The Kier molecular flexibility index (Phi) is 10.7. The molecule has 1 saturated carbocycles. The summed E-state index contributed by atoms with van der Waals surface area (Å²) >= 11 is 6.25. The van der Waals surface area contributed by atoms with Crippen molar-refractivity contribution in [1.29, 1.82) is 5.26 Å². The molecule has 1 unspecified atom stereocenters. The molecule has 3 aromatic carbocycles. The van der Waals surface area contributed by atoms with Crippen LogP contribution in [0.25, 0.3) is 0 Å². The lowest BCUT2D eigenvalue weighted by Crippen LogP contribution is -2.74. The van der Waals surface area contributed by atoms with Gasteiger partial charge in [-0.15, -0.1) is 0 Å². The fraction of sp³-hybridized carbons (Fsp3) is 0.467. The molecule has 4 fully saturated rings. The molecule has 8 rings (SSSR count). The topological polar surface area (TPSA) is 161 Å². The Bertz CT molecular complexity index is 2230. The number of imide groups is 2. The van der Waals surface area contributed by atoms with Gasteiger partial charge in [-0.1, -0.05) is 39.3 Å². The molecule has 2 atom stereocenters. The lowest BCUT2D eigenvalue weighted by atomic mass is 9.49. The van der Waals surface area contributed by atoms with Crippen molar-refractivity contribution in [1.82, 2.24) is 15.5 Å². The molecule has 5 amide bonds. The van der Waals surface area contributed by atoms with Crippen LogP contribution in [0.1, 0.15) is 96.4 Å². The Morgan fingerprint density at radius 3 is 2.22 bits per heavy atom. The van der Waals surface area contributed by atoms with E-state index in [0.29, 0.717) is 40.0 Å². The van der Waals surface area contributed by atoms with E-state index >= 15 is 0 Å². The quantitative estimate of drug-likeness (QED) is 0.242. The number of nitriles is 1. The van der Waals surface area contributed by atoms with E-state index in [0.717, 1.165) is 61.7 Å². The zero-order valence-corrected chi connectivity index (χ0v) is 34.5. The van der Waals surface area contributed by atoms with E-state index in [2.05, 4.69) is 54.2 Å². The third-order valence-electron chi connectivity index (χ3n) is 13.0. The predicted molar refractivity (Wildman–Crippen MR) is 220 cm³/mol. The highest BCUT2D eigenvalue weighted by molar-refractivity contribution is 6.31. The third-order valence-corrected chi connectivity index (χ3v) is 13.4. The van der Waals surface area contributed by atoms with Gasteiger partial charge in [-0.3, -0.25) is 34.2 Å². The van der Waals surface area contributed by atoms with Crippen molar-refractivity contribution in [2.45, 2.75) is 84.1 Å². The van der Waals surface area contributed by atoms with Gasteiger partial charge in [0.1, 0.15) is 24.0 Å². The van der Waals surface area contributed by atoms with Crippen LogP contribution in [0.2, 0.25) is 5.02 Å². The molecule has 4 heterocycles. The normalized spacial score (nSPS) is 25.0. The number of anilines is 2. The van der Waals surface area contributed by atoms with E-state index < -0.39 is 29.7 Å². The molecule has 13 nitrogen and oxygen atoms in total. The molecule has 59 heavy (non-hydrogen) atoms. The van der Waals surface area contributed by atoms with Crippen molar-refractivity contribution < 1.29 is 33.4 Å². The minimum atomic E-state index is -0.982. The summed E-state index contributed by atoms with van der Waals surface area (Å²) in [4.78, 5) is 69.5. The fourth-order valence-corrected chi connectivity index (χ4v) is 10.2. The highest BCUT2D eigenvalue weighted by Crippen LogP contribution is 2.55. The first kappa shape index (κ1) is 40.3. The van der Waals surface area contributed by atoms with Crippen molar-refractivity contribution in [2.75, 3.05) is 42.6 Å². The maximum atomic E-state index is 13.5. The smallest absolute Gasteiger partial charge is 0.262 e. The van der Waals surface area contributed by atoms with Gasteiger partial charge in [0.05, 0.1) is 27.8 Å². The zero-order valence-electron chi connectivity index (χ0n) is 33.8. The second kappa shape index (κ2) is 15.6. The molecule has 5 aliphatic rings. The summed E-state index contributed by atoms with van der Waals surface area (Å²) in [5.74, 6) is -1.15. The van der Waals surface area contributed by atoms with E-state index in [1.807, 2.05) is 30.3 Å². The van der Waals surface area contributed by atoms with Gasteiger partial charge in [0.25, 0.3) is 17.7 Å². The molecular weight excluding hydrogens is 772 g/mol. The predicted octanol–water partition coefficient (Wildman–Crippen LogP) is 5.74. The Balaban J connectivity index is 0.787. The molecule has 0 spiro atoms. The van der Waals surface area contributed by atoms with E-state index in [-0.39, 0.29) is 53.4 Å². The average molecular weight is 821 g/mol. The van der Waals surface area contributed by atoms with Gasteiger partial charge in [-0.05, 0) is 86.2 Å². The minimum Gasteiger partial charge on any atom is -0.489 e. The lowest BCUT2D eigenvalue weighted by molar-refractivity contribution is -0.164. The number of carbonyl (C=O) groups is 5. The number of carbonyl (C=O) groups excluding carboxylic acids is 5. The highest BCUT2D eigenvalue weighted by Gasteiger charge is 2.64. The summed E-state index contributed by atoms with van der Waals surface area (Å²) in [6.07, 6.45) is 2.92. The monoisotopic (exact) mass is 820 g/mol. The number of benzene rings is 3. The molecule has 1 aliphatic carbocycles. The van der Waals surface area contributed by atoms with E-state index in [9.17, 15) is 29.2 Å². The first-order valence-electron chi connectivity index (χ1n) is 20.4. The van der Waals surface area contributed by atoms with Gasteiger partial charge in [0.15, 0.2) is 0 Å². The first-order valence-corrected chi connectivity index (χ1v) is 20.8. The molecule has 14 heteroatoms. The van der Waals surface area contributed by atoms with Crippen LogP contribution in [0, 0.1) is 28.1 Å². The SMILES string of the molecule is CC1(C)C(NC(=O)c2ccc(N3CC[C@H](OCC4CCN(c5ccc6c(c5)C(=O)N(C5CCC(=O)NC5=O)C6=O)CC4)C3)cc2)C(C)(C)C1Oc1ccc(C#N)c(Cl)c1. The summed E-state index contributed by atoms with van der Waals surface area (Å²) in [6, 6.07) is 19.1. The minimum absolute atomic E-state index is 0.0845. The summed E-state index contributed by atoms with van der Waals surface area (Å²) < 4.78 is 12.8. The van der Waals surface area contributed by atoms with Gasteiger partial charge in [-0.2, -0.15) is 5.26 Å². The Morgan fingerprint density at radius 2 is 1.54 bits per heavy atom. The fourth-order valence-electron chi connectivity index (χ4n) is 10.0. The van der Waals surface area contributed by atoms with Crippen LogP contribution < -0.4 is 25.2 Å². The second-order valence-corrected chi connectivity index (χ2v) is 18.1. The van der Waals surface area contributed by atoms with Crippen LogP contribution in [0.4, 0.5) is 11.4 Å². The molecular formula is C45H49ClN6O7. The summed E-state index contributed by atoms with van der Waals surface area (Å²) in [6.45, 7) is 12.2. The van der Waals surface area contributed by atoms with Crippen LogP contribution in [-0.4, -0.2) is 91.5 Å². The van der Waals surface area contributed by atoms with Crippen LogP contribution in [-0.2, 0) is 14.3 Å². The molecule has 0 bridgehead atoms. The largest absolute Gasteiger partial charge is 0.489 e. The van der Waals surface area contributed by atoms with Crippen LogP contribution in [0.15, 0.2) is 60.7 Å². The van der Waals surface area contributed by atoms with Crippen LogP contribution in [0.3, 0.4) is 0 Å². The number of hydrogen-bond donors (Lipinski definition) is 2. The molecule has 2 N–H and O–H groups in total. The molecule has 4 aliphatic heterocycles. The van der Waals surface area contributed by atoms with Gasteiger partial charge in [0.2, 0.25) is 11.8 Å². The number of halogens is 1. The summed E-state index contributed by atoms with van der Waals surface area (Å²) in [7, 11) is 0. The van der Waals surface area contributed by atoms with Crippen molar-refractivity contribution in [3.05, 3.63) is 87.9 Å². The number of hydrogen-bond acceptors (Lipinski definition) is 10. The van der Waals surface area contributed by atoms with Gasteiger partial charge >= 0.3 is 0 Å². The summed E-state index contributed by atoms with van der Waals surface area (Å²) in [5, 5.41) is 15.1. The number of piperidine rings is 2. The lowest BCUT2D eigenvalue weighted by Gasteiger charge is -2.63. The highest BCUT2D eigenvalue weighted by atomic mass is 35.5. The van der Waals surface area contributed by atoms with Crippen LogP contribution >= 0.6 is 11.6 Å². The number of nitrogens with one attached hydrogen (secondary N) is 2. The number of fused-ring (bicyclic) bond motifs is 1. The third kappa shape index (κ3) is 7.53. The second-order valence-electron chi connectivity index (χ2n) is 17.6. The Morgan fingerprint density at radius 1 is 0.864 bits per heavy atom. The van der Waals surface area contributed by atoms with Gasteiger partial charge in [-0.25, -0.2) is 0 Å². The number of ether oxygens (including phenoxy) is 2. The van der Waals surface area contributed by atoms with Crippen molar-refractivity contribution in [2.24, 2.45) is 16.7 Å². The van der Waals surface area contributed by atoms with Gasteiger partial charge < -0.3 is 24.6 Å². The van der Waals surface area contributed by atoms with E-state index in [1.54, 1.807) is 30.3 Å². The maximum absolute atomic E-state index is 13.5. The maximum Gasteiger partial charge on any atom is 0.262 e. The van der Waals surface area contributed by atoms with Crippen molar-refractivity contribution in [3.8, 4) is 11.8 Å². The van der Waals surface area contributed by atoms with Gasteiger partial charge in [0, 0.05) is 79.1 Å². The molecule has 3 aromatic rings. The Labute approximate surface area is 348 Å². The standard InChI is InChI=1S/C45H49ClN6O7/c1-44(2)42(45(3,4)43(44)59-31-11-7-28(23-47)35(46)22-31)49-38(54)27-5-8-29(9-6-27)51-20-17-32(24-51)58-25-26-15-18-50(19-16-26)30-10-12-33-34(21-30)41(57)52(40(33)56)36-13-14-37(53)48-39(36)55/h5-12,21-22,26,32,36,42-43H,13-20,24-25H2,1-4H3,(H,49,54)(H,48,53,55)/t32-,36?,42?,43?/m0/s1. The molecule has 3 saturated heterocycles. The molecule has 308 valence electrons. The number of rotatable bonds is 10. The molecule has 0 aromatic heterocycles. The molecule has 0 radical (unpaired) electrons. The van der Waals surface area contributed by atoms with Crippen LogP contribution in [0.5, 0.6) is 5.75 Å². The number of nitrogens with zero attached hydrogens (tertiary/aromatic N) is 4. The zero-order chi connectivity index (χ0) is 41.8. The van der Waals surface area contributed by atoms with E-state index in [1.165, 1.54) is 0 Å². The van der Waals surface area contributed by atoms with Crippen molar-refractivity contribution >= 4 is 52.5 Å². The summed E-state index contributed by atoms with van der Waals surface area (Å²) in [5.41, 5.74) is 2.76. The first-order chi connectivity index (χ1) is 28.1. The number of amides is 5. The van der Waals surface area contributed by atoms with E-state index in [4.69, 9.17) is 21.1 Å². The average Bonchev–Trinajstić information content (AvgIpc) is 3.80.